The minimum absolute atomic E-state index is 0.356. The molecule has 7 nitrogen and oxygen atoms in total. The highest BCUT2D eigenvalue weighted by molar-refractivity contribution is 6.00. The normalized spacial score (nSPS) is 15.1. The fraction of sp³-hybridized carbons (Fsp3) is 0.333. The number of nitrogens with zero attached hydrogens (tertiary/aromatic N) is 3. The number of oxime groups is 1. The van der Waals surface area contributed by atoms with Gasteiger partial charge in [0.25, 0.3) is 0 Å². The van der Waals surface area contributed by atoms with E-state index in [1.165, 1.54) is 0 Å². The summed E-state index contributed by atoms with van der Waals surface area (Å²) in [5.41, 5.74) is 0.609. The van der Waals surface area contributed by atoms with Crippen LogP contribution in [0.1, 0.15) is 12.5 Å². The Balaban J connectivity index is 1.91. The number of pyridine rings is 1. The molecule has 3 rings (SSSR count). The molecule has 132 valence electrons. The number of hydrogen-bond acceptors (Lipinski definition) is 6. The third-order valence-corrected chi connectivity index (χ3v) is 3.77. The molecule has 0 bridgehead atoms. The summed E-state index contributed by atoms with van der Waals surface area (Å²) in [5, 5.41) is 13.0. The number of benzene rings is 1. The summed E-state index contributed by atoms with van der Waals surface area (Å²) in [4.78, 5) is 6.26. The average Bonchev–Trinajstić information content (AvgIpc) is 2.66. The molecule has 1 aromatic carbocycles. The van der Waals surface area contributed by atoms with E-state index in [0.29, 0.717) is 61.7 Å². The highest BCUT2D eigenvalue weighted by Crippen LogP contribution is 2.32. The van der Waals surface area contributed by atoms with E-state index in [2.05, 4.69) is 10.1 Å². The zero-order valence-corrected chi connectivity index (χ0v) is 14.1. The largest absolute Gasteiger partial charge is 0.490 e. The number of para-hydroxylation sites is 2. The lowest BCUT2D eigenvalue weighted by Crippen LogP contribution is -2.41. The van der Waals surface area contributed by atoms with E-state index in [1.807, 2.05) is 42.2 Å². The highest BCUT2D eigenvalue weighted by atomic mass is 16.5. The van der Waals surface area contributed by atoms with E-state index in [4.69, 9.17) is 14.2 Å². The van der Waals surface area contributed by atoms with Gasteiger partial charge in [-0.25, -0.2) is 4.98 Å². The van der Waals surface area contributed by atoms with Gasteiger partial charge in [-0.15, -0.1) is 0 Å². The fourth-order valence-corrected chi connectivity index (χ4v) is 2.62. The van der Waals surface area contributed by atoms with E-state index < -0.39 is 0 Å². The molecule has 1 aromatic heterocycles. The van der Waals surface area contributed by atoms with Gasteiger partial charge >= 0.3 is 0 Å². The van der Waals surface area contributed by atoms with Crippen LogP contribution >= 0.6 is 0 Å². The molecular formula is C18H21N3O4. The predicted octanol–water partition coefficient (Wildman–Crippen LogP) is 2.74. The van der Waals surface area contributed by atoms with Crippen molar-refractivity contribution in [3.63, 3.8) is 0 Å². The Hall–Kier alpha value is -2.80. The van der Waals surface area contributed by atoms with Gasteiger partial charge in [-0.3, -0.25) is 0 Å². The standard InChI is InChI=1S/C18H21N3O4/c1-2-24-15-7-3-4-8-16(15)25-18-14(6-5-9-19-18)17(20-22)21-10-12-23-13-11-21/h3-9,22H,2,10-13H2,1H3/b20-17-. The Morgan fingerprint density at radius 3 is 2.68 bits per heavy atom. The smallest absolute Gasteiger partial charge is 0.230 e. The summed E-state index contributed by atoms with van der Waals surface area (Å²) in [6.45, 7) is 4.91. The molecule has 0 amide bonds. The Bertz CT molecular complexity index is 730. The molecule has 0 atom stereocenters. The molecule has 0 saturated carbocycles. The molecule has 0 unspecified atom stereocenters. The maximum absolute atomic E-state index is 9.56. The molecule has 7 heteroatoms. The van der Waals surface area contributed by atoms with Gasteiger partial charge in [0.1, 0.15) is 0 Å². The van der Waals surface area contributed by atoms with Crippen molar-refractivity contribution in [2.24, 2.45) is 5.16 Å². The first-order valence-electron chi connectivity index (χ1n) is 8.23. The van der Waals surface area contributed by atoms with Gasteiger partial charge in [0.2, 0.25) is 5.88 Å². The van der Waals surface area contributed by atoms with Crippen molar-refractivity contribution in [3.8, 4) is 17.4 Å². The van der Waals surface area contributed by atoms with Crippen LogP contribution in [0.5, 0.6) is 17.4 Å². The van der Waals surface area contributed by atoms with Crippen LogP contribution in [-0.2, 0) is 4.74 Å². The van der Waals surface area contributed by atoms with Gasteiger partial charge in [0, 0.05) is 19.3 Å². The molecule has 1 N–H and O–H groups in total. The average molecular weight is 343 g/mol. The van der Waals surface area contributed by atoms with E-state index in [0.717, 1.165) is 0 Å². The Morgan fingerprint density at radius 1 is 1.20 bits per heavy atom. The van der Waals surface area contributed by atoms with Crippen molar-refractivity contribution >= 4 is 5.84 Å². The van der Waals surface area contributed by atoms with Gasteiger partial charge in [-0.05, 0) is 31.2 Å². The van der Waals surface area contributed by atoms with Crippen LogP contribution in [0.25, 0.3) is 0 Å². The second-order valence-corrected chi connectivity index (χ2v) is 5.36. The molecule has 2 heterocycles. The summed E-state index contributed by atoms with van der Waals surface area (Å²) < 4.78 is 16.9. The van der Waals surface area contributed by atoms with Crippen molar-refractivity contribution in [3.05, 3.63) is 48.2 Å². The van der Waals surface area contributed by atoms with Crippen molar-refractivity contribution < 1.29 is 19.4 Å². The maximum atomic E-state index is 9.56. The lowest BCUT2D eigenvalue weighted by atomic mass is 10.2. The molecule has 1 aliphatic rings. The first-order valence-corrected chi connectivity index (χ1v) is 8.23. The van der Waals surface area contributed by atoms with Gasteiger partial charge in [0.15, 0.2) is 17.3 Å². The minimum atomic E-state index is 0.356. The van der Waals surface area contributed by atoms with Gasteiger partial charge in [-0.1, -0.05) is 17.3 Å². The SMILES string of the molecule is CCOc1ccccc1Oc1ncccc1/C(=N/O)N1CCOCC1. The van der Waals surface area contributed by atoms with E-state index in [1.54, 1.807) is 12.3 Å². The van der Waals surface area contributed by atoms with E-state index >= 15 is 0 Å². The lowest BCUT2D eigenvalue weighted by Gasteiger charge is -2.29. The van der Waals surface area contributed by atoms with Crippen LogP contribution in [0.2, 0.25) is 0 Å². The maximum Gasteiger partial charge on any atom is 0.230 e. The molecule has 0 aliphatic carbocycles. The monoisotopic (exact) mass is 343 g/mol. The van der Waals surface area contributed by atoms with Crippen LogP contribution in [0, 0.1) is 0 Å². The predicted molar refractivity (Wildman–Crippen MR) is 92.6 cm³/mol. The topological polar surface area (TPSA) is 76.4 Å². The number of hydrogen-bond donors (Lipinski definition) is 1. The Kier molecular flexibility index (Phi) is 5.69. The summed E-state index contributed by atoms with van der Waals surface area (Å²) in [6.07, 6.45) is 1.64. The number of rotatable bonds is 5. The second-order valence-electron chi connectivity index (χ2n) is 5.36. The summed E-state index contributed by atoms with van der Waals surface area (Å²) >= 11 is 0. The van der Waals surface area contributed by atoms with Gasteiger partial charge in [-0.2, -0.15) is 0 Å². The molecule has 2 aromatic rings. The quantitative estimate of drug-likeness (QED) is 0.389. The summed E-state index contributed by atoms with van der Waals surface area (Å²) in [7, 11) is 0. The first-order chi connectivity index (χ1) is 12.3. The van der Waals surface area contributed by atoms with E-state index in [-0.39, 0.29) is 0 Å². The second kappa shape index (κ2) is 8.34. The molecule has 1 fully saturated rings. The van der Waals surface area contributed by atoms with Crippen LogP contribution in [-0.4, -0.2) is 53.8 Å². The van der Waals surface area contributed by atoms with Gasteiger partial charge < -0.3 is 24.3 Å². The summed E-state index contributed by atoms with van der Waals surface area (Å²) in [5.74, 6) is 1.97. The fourth-order valence-electron chi connectivity index (χ4n) is 2.62. The number of aromatic nitrogens is 1. The first kappa shape index (κ1) is 17.0. The molecule has 25 heavy (non-hydrogen) atoms. The van der Waals surface area contributed by atoms with Crippen LogP contribution < -0.4 is 9.47 Å². The highest BCUT2D eigenvalue weighted by Gasteiger charge is 2.22. The lowest BCUT2D eigenvalue weighted by molar-refractivity contribution is 0.0667. The number of amidine groups is 1. The van der Waals surface area contributed by atoms with Gasteiger partial charge in [0.05, 0.1) is 25.4 Å². The summed E-state index contributed by atoms with van der Waals surface area (Å²) in [6, 6.07) is 11.0. The molecular weight excluding hydrogens is 322 g/mol. The minimum Gasteiger partial charge on any atom is -0.490 e. The number of morpholine rings is 1. The molecule has 1 saturated heterocycles. The van der Waals surface area contributed by atoms with Crippen molar-refractivity contribution in [1.29, 1.82) is 0 Å². The van der Waals surface area contributed by atoms with Crippen LogP contribution in [0.15, 0.2) is 47.8 Å². The molecule has 0 spiro atoms. The molecule has 0 radical (unpaired) electrons. The zero-order valence-electron chi connectivity index (χ0n) is 14.1. The van der Waals surface area contributed by atoms with Crippen molar-refractivity contribution in [2.45, 2.75) is 6.92 Å². The van der Waals surface area contributed by atoms with Crippen molar-refractivity contribution in [2.75, 3.05) is 32.9 Å². The third kappa shape index (κ3) is 4.00. The van der Waals surface area contributed by atoms with E-state index in [9.17, 15) is 5.21 Å². The van der Waals surface area contributed by atoms with Crippen molar-refractivity contribution in [1.82, 2.24) is 9.88 Å². The third-order valence-electron chi connectivity index (χ3n) is 3.77. The van der Waals surface area contributed by atoms with Crippen LogP contribution in [0.4, 0.5) is 0 Å². The molecule has 1 aliphatic heterocycles. The zero-order chi connectivity index (χ0) is 17.5. The Labute approximate surface area is 146 Å². The van der Waals surface area contributed by atoms with Crippen LogP contribution in [0.3, 0.4) is 0 Å². The Morgan fingerprint density at radius 2 is 1.96 bits per heavy atom. The number of ether oxygens (including phenoxy) is 3.